The molecule has 3 nitrogen and oxygen atoms in total. The Labute approximate surface area is 186 Å². The second-order valence-corrected chi connectivity index (χ2v) is 7.19. The zero-order valence-corrected chi connectivity index (χ0v) is 17.5. The zero-order chi connectivity index (χ0) is 24.0. The molecule has 0 radical (unpaired) electrons. The Morgan fingerprint density at radius 2 is 1.03 bits per heavy atom. The Balaban J connectivity index is 0.00000900. The molecule has 0 heterocycles. The van der Waals surface area contributed by atoms with E-state index in [0.717, 1.165) is 18.2 Å². The molecule has 18 heteroatoms. The van der Waals surface area contributed by atoms with E-state index in [1.807, 2.05) is 0 Å². The van der Waals surface area contributed by atoms with Crippen LogP contribution in [0.25, 0.3) is 0 Å². The van der Waals surface area contributed by atoms with Gasteiger partial charge in [0, 0.05) is 0 Å². The minimum Gasteiger partial charge on any atom is -0.265 e. The third kappa shape index (κ3) is 5.09. The van der Waals surface area contributed by atoms with Gasteiger partial charge in [0.25, 0.3) is 15.5 Å². The molecule has 0 fully saturated rings. The van der Waals surface area contributed by atoms with Crippen molar-refractivity contribution in [1.29, 1.82) is 0 Å². The van der Waals surface area contributed by atoms with Crippen molar-refractivity contribution in [2.75, 3.05) is 6.61 Å². The fraction of sp³-hybridized carbons (Fsp3) is 0.538. The second kappa shape index (κ2) is 8.87. The van der Waals surface area contributed by atoms with E-state index in [1.165, 1.54) is 0 Å². The molecule has 0 saturated heterocycles. The number of rotatable bonds is 6. The van der Waals surface area contributed by atoms with Gasteiger partial charge in [0.1, 0.15) is 0 Å². The van der Waals surface area contributed by atoms with Crippen molar-refractivity contribution < 1.29 is 99.2 Å². The molecule has 1 aromatic rings. The van der Waals surface area contributed by atoms with E-state index in [-0.39, 0.29) is 29.6 Å². The maximum absolute atomic E-state index is 13.8. The van der Waals surface area contributed by atoms with Crippen molar-refractivity contribution >= 4 is 10.1 Å². The van der Waals surface area contributed by atoms with Gasteiger partial charge in [-0.15, -0.1) is 0 Å². The van der Waals surface area contributed by atoms with Gasteiger partial charge in [-0.05, 0) is 12.1 Å². The molecule has 1 rings (SSSR count). The van der Waals surface area contributed by atoms with Gasteiger partial charge in [0.2, 0.25) is 0 Å². The molecule has 0 aromatic heterocycles. The molecule has 1 aromatic carbocycles. The van der Waals surface area contributed by atoms with Crippen molar-refractivity contribution in [2.24, 2.45) is 5.41 Å². The molecule has 0 aliphatic rings. The average Bonchev–Trinajstić information content (AvgIpc) is 2.51. The van der Waals surface area contributed by atoms with E-state index < -0.39 is 57.4 Å². The molecule has 0 aliphatic heterocycles. The summed E-state index contributed by atoms with van der Waals surface area (Å²) in [6.07, 6.45) is -22.7. The van der Waals surface area contributed by atoms with Crippen LogP contribution in [0.15, 0.2) is 35.2 Å². The molecule has 0 atom stereocenters. The van der Waals surface area contributed by atoms with Crippen LogP contribution in [0.2, 0.25) is 0 Å². The smallest absolute Gasteiger partial charge is 0.265 e. The Bertz CT molecular complexity index is 830. The van der Waals surface area contributed by atoms with Gasteiger partial charge in [-0.3, -0.25) is 4.18 Å². The van der Waals surface area contributed by atoms with Crippen molar-refractivity contribution in [1.82, 2.24) is 0 Å². The number of hydrogen-bond acceptors (Lipinski definition) is 3. The molecule has 0 saturated carbocycles. The average molecular weight is 513 g/mol. The summed E-state index contributed by atoms with van der Waals surface area (Å²) in [5.41, 5.74) is -7.26. The largest absolute Gasteiger partial charge is 1.00 e. The van der Waals surface area contributed by atoms with E-state index in [4.69, 9.17) is 0 Å². The van der Waals surface area contributed by atoms with Crippen LogP contribution in [0.3, 0.4) is 0 Å². The summed E-state index contributed by atoms with van der Waals surface area (Å²) in [5.74, 6) is -15.9. The standard InChI is InChI=1S/C13H7F13O3S.Na/c14-9(15,10(16,17)13(24,25)26)8(11(18,19)20,12(21,22)23)6-29-30(27,28)7-4-2-1-3-5-7;/h1-5H,6H2;/q;+1. The summed E-state index contributed by atoms with van der Waals surface area (Å²) < 4.78 is 196. The second-order valence-electron chi connectivity index (χ2n) is 5.58. The molecule has 0 bridgehead atoms. The minimum absolute atomic E-state index is 0. The Hall–Kier alpha value is -0.780. The van der Waals surface area contributed by atoms with Gasteiger partial charge in [-0.25, -0.2) is 0 Å². The van der Waals surface area contributed by atoms with Gasteiger partial charge in [-0.1, -0.05) is 18.2 Å². The number of halogens is 13. The van der Waals surface area contributed by atoms with E-state index >= 15 is 0 Å². The van der Waals surface area contributed by atoms with E-state index in [2.05, 4.69) is 4.18 Å². The third-order valence-corrected chi connectivity index (χ3v) is 4.99. The summed E-state index contributed by atoms with van der Waals surface area (Å²) in [6, 6.07) is 3.86. The van der Waals surface area contributed by atoms with Crippen LogP contribution >= 0.6 is 0 Å². The van der Waals surface area contributed by atoms with Crippen LogP contribution in [0, 0.1) is 5.41 Å². The number of hydrogen-bond donors (Lipinski definition) is 0. The Morgan fingerprint density at radius 3 is 1.35 bits per heavy atom. The molecule has 31 heavy (non-hydrogen) atoms. The van der Waals surface area contributed by atoms with Crippen LogP contribution in [-0.2, 0) is 14.3 Å². The van der Waals surface area contributed by atoms with Gasteiger partial charge < -0.3 is 0 Å². The topological polar surface area (TPSA) is 43.4 Å². The molecular formula is C13H7F13NaO3S+. The first kappa shape index (κ1) is 30.2. The van der Waals surface area contributed by atoms with Crippen molar-refractivity contribution in [3.63, 3.8) is 0 Å². The van der Waals surface area contributed by atoms with E-state index in [0.29, 0.717) is 12.1 Å². The molecule has 0 spiro atoms. The quantitative estimate of drug-likeness (QED) is 0.334. The fourth-order valence-corrected chi connectivity index (χ4v) is 3.00. The first-order chi connectivity index (χ1) is 13.1. The first-order valence-electron chi connectivity index (χ1n) is 6.96. The maximum atomic E-state index is 13.8. The molecule has 0 aliphatic carbocycles. The van der Waals surface area contributed by atoms with E-state index in [1.54, 1.807) is 0 Å². The maximum Gasteiger partial charge on any atom is 1.00 e. The third-order valence-electron chi connectivity index (χ3n) is 3.72. The Morgan fingerprint density at radius 1 is 0.645 bits per heavy atom. The first-order valence-corrected chi connectivity index (χ1v) is 8.37. The van der Waals surface area contributed by atoms with Gasteiger partial charge in [-0.2, -0.15) is 65.5 Å². The molecule has 0 N–H and O–H groups in total. The van der Waals surface area contributed by atoms with Crippen molar-refractivity contribution in [3.05, 3.63) is 30.3 Å². The summed E-state index contributed by atoms with van der Waals surface area (Å²) in [4.78, 5) is -1.19. The minimum atomic E-state index is -7.97. The van der Waals surface area contributed by atoms with Crippen LogP contribution in [-0.4, -0.2) is 45.4 Å². The summed E-state index contributed by atoms with van der Waals surface area (Å²) in [5, 5.41) is 0. The predicted molar refractivity (Wildman–Crippen MR) is 70.1 cm³/mol. The van der Waals surface area contributed by atoms with Gasteiger partial charge >= 0.3 is 59.9 Å². The van der Waals surface area contributed by atoms with Crippen molar-refractivity contribution in [2.45, 2.75) is 35.3 Å². The number of benzene rings is 1. The normalized spacial score (nSPS) is 14.9. The summed E-state index contributed by atoms with van der Waals surface area (Å²) in [6.45, 7) is -3.85. The molecule has 174 valence electrons. The number of alkyl halides is 13. The fourth-order valence-electron chi connectivity index (χ4n) is 2.04. The predicted octanol–water partition coefficient (Wildman–Crippen LogP) is 2.34. The monoisotopic (exact) mass is 513 g/mol. The van der Waals surface area contributed by atoms with Crippen LogP contribution in [0.4, 0.5) is 57.1 Å². The van der Waals surface area contributed by atoms with E-state index in [9.17, 15) is 65.5 Å². The summed E-state index contributed by atoms with van der Waals surface area (Å²) in [7, 11) is -5.71. The van der Waals surface area contributed by atoms with Gasteiger partial charge in [0.15, 0.2) is 0 Å². The zero-order valence-electron chi connectivity index (χ0n) is 14.6. The molecule has 0 amide bonds. The molecular weight excluding hydrogens is 506 g/mol. The molecule has 0 unspecified atom stereocenters. The Kier molecular flexibility index (Phi) is 8.65. The summed E-state index contributed by atoms with van der Waals surface area (Å²) >= 11 is 0. The van der Waals surface area contributed by atoms with Crippen molar-refractivity contribution in [3.8, 4) is 0 Å². The van der Waals surface area contributed by atoms with Crippen LogP contribution in [0.1, 0.15) is 0 Å². The van der Waals surface area contributed by atoms with Crippen LogP contribution < -0.4 is 29.6 Å². The van der Waals surface area contributed by atoms with Gasteiger partial charge in [0.05, 0.1) is 11.5 Å². The van der Waals surface area contributed by atoms with Crippen LogP contribution in [0.5, 0.6) is 0 Å². The SMILES string of the molecule is O=S(=O)(OCC(C(F)(F)F)(C(F)(F)F)C(F)(F)C(F)(F)C(F)(F)F)c1ccccc1.[Na+].